The molecule has 2 aliphatic rings. The van der Waals surface area contributed by atoms with Gasteiger partial charge in [0.1, 0.15) is 0 Å². The smallest absolute Gasteiger partial charge is 0.0731 e. The Bertz CT molecular complexity index is 4700. The molecule has 0 aliphatic heterocycles. The van der Waals surface area contributed by atoms with Gasteiger partial charge in [-0.1, -0.05) is 288 Å². The van der Waals surface area contributed by atoms with Gasteiger partial charge >= 0.3 is 0 Å². The third-order valence-corrected chi connectivity index (χ3v) is 22.6. The molecule has 356 valence electrons. The molecule has 0 N–H and O–H groups in total. The molecule has 13 aromatic carbocycles. The molecule has 2 atom stereocenters. The fraction of sp³-hybridized carbons (Fsp3) is 0.0133. The molecule has 0 amide bonds. The first-order valence-electron chi connectivity index (χ1n) is 26.8. The Morgan fingerprint density at radius 1 is 0.221 bits per heavy atom. The Balaban J connectivity index is 1.05. The fourth-order valence-electron chi connectivity index (χ4n) is 14.5. The summed E-state index contributed by atoms with van der Waals surface area (Å²) in [4.78, 5) is 0. The highest BCUT2D eigenvalue weighted by Crippen LogP contribution is 2.66. The summed E-state index contributed by atoms with van der Waals surface area (Å²) in [5.41, 5.74) is 17.9. The van der Waals surface area contributed by atoms with Gasteiger partial charge in [-0.3, -0.25) is 0 Å². The molecule has 2 aromatic heterocycles. The molecule has 17 rings (SSSR count). The van der Waals surface area contributed by atoms with E-state index < -0.39 is 20.5 Å². The van der Waals surface area contributed by atoms with Gasteiger partial charge in [0.2, 0.25) is 0 Å². The second kappa shape index (κ2) is 16.5. The van der Waals surface area contributed by atoms with Crippen LogP contribution in [0.15, 0.2) is 279 Å². The Hall–Kier alpha value is -9.02. The van der Waals surface area contributed by atoms with Gasteiger partial charge in [-0.05, 0) is 138 Å². The monoisotopic (exact) mass is 1010 g/mol. The zero-order chi connectivity index (χ0) is 50.3. The molecular formula is C75H46P2. The van der Waals surface area contributed by atoms with Crippen LogP contribution in [-0.2, 0) is 5.41 Å². The number of benzene rings is 13. The SMILES string of the molecule is c1ccc(-p2c3ccccc3c3cccc(-c4cccc5c(-c6cccc7c6C6(c8ccccc8-c8ccccc86)c6ccccc6-7)c6cccc(-c7cccc8c9ccccc9p(-c9ccccc9)c78)c6cc45)c32)cc1. The summed E-state index contributed by atoms with van der Waals surface area (Å²) >= 11 is 0. The molecular weight excluding hydrogens is 963 g/mol. The van der Waals surface area contributed by atoms with Gasteiger partial charge in [0, 0.05) is 20.5 Å². The van der Waals surface area contributed by atoms with Crippen LogP contribution in [0.1, 0.15) is 22.3 Å². The van der Waals surface area contributed by atoms with Crippen molar-refractivity contribution in [3.63, 3.8) is 0 Å². The van der Waals surface area contributed by atoms with Crippen molar-refractivity contribution in [2.75, 3.05) is 0 Å². The minimum Gasteiger partial charge on any atom is -0.0766 e. The van der Waals surface area contributed by atoms with E-state index in [9.17, 15) is 0 Å². The summed E-state index contributed by atoms with van der Waals surface area (Å²) in [5.74, 6) is 0. The van der Waals surface area contributed by atoms with Crippen molar-refractivity contribution in [2.45, 2.75) is 5.41 Å². The molecule has 0 radical (unpaired) electrons. The third kappa shape index (κ3) is 5.84. The lowest BCUT2D eigenvalue weighted by Gasteiger charge is -2.32. The molecule has 15 aromatic rings. The zero-order valence-corrected chi connectivity index (χ0v) is 43.7. The van der Waals surface area contributed by atoms with E-state index in [1.807, 2.05) is 0 Å². The van der Waals surface area contributed by atoms with Gasteiger partial charge in [-0.2, -0.15) is 0 Å². The zero-order valence-electron chi connectivity index (χ0n) is 42.0. The van der Waals surface area contributed by atoms with E-state index in [4.69, 9.17) is 0 Å². The largest absolute Gasteiger partial charge is 0.0766 e. The molecule has 77 heavy (non-hydrogen) atoms. The normalized spacial score (nSPS) is 13.5. The van der Waals surface area contributed by atoms with Gasteiger partial charge in [0.25, 0.3) is 0 Å². The highest BCUT2D eigenvalue weighted by Gasteiger charge is 2.52. The van der Waals surface area contributed by atoms with Crippen LogP contribution in [0.3, 0.4) is 0 Å². The van der Waals surface area contributed by atoms with E-state index in [-0.39, 0.29) is 0 Å². The first-order valence-corrected chi connectivity index (χ1v) is 29.5. The van der Waals surface area contributed by atoms with Crippen molar-refractivity contribution in [3.8, 4) is 66.2 Å². The number of hydrogen-bond acceptors (Lipinski definition) is 0. The van der Waals surface area contributed by atoms with Gasteiger partial charge in [-0.15, -0.1) is 0 Å². The van der Waals surface area contributed by atoms with Crippen molar-refractivity contribution in [2.24, 2.45) is 0 Å². The maximum absolute atomic E-state index is 2.59. The number of rotatable bonds is 5. The maximum atomic E-state index is 2.59. The predicted octanol–water partition coefficient (Wildman–Crippen LogP) is 21.9. The molecule has 2 heterocycles. The molecule has 0 fully saturated rings. The van der Waals surface area contributed by atoms with Gasteiger partial charge < -0.3 is 0 Å². The standard InChI is InChI=1S/C75H46P2/c1-3-22-47(23-4-1)76-69-44-15-10-29-54(69)61-38-20-36-59(73(61)76)49-31-17-33-56-64(49)46-65-50(60-37-21-39-62-55-30-11-16-45-70(55)77(74(60)62)48-24-5-2-6-25-48)32-18-34-57(65)71(56)63-40-19-35-58-53-28-9-14-43-68(53)75(72(58)63)66-41-12-7-26-51(66)52-27-8-13-42-67(52)75/h1-46H. The van der Waals surface area contributed by atoms with Gasteiger partial charge in [0.05, 0.1) is 5.41 Å². The predicted molar refractivity (Wildman–Crippen MR) is 332 cm³/mol. The van der Waals surface area contributed by atoms with E-state index in [2.05, 4.69) is 279 Å². The fourth-order valence-corrected chi connectivity index (χ4v) is 20.0. The Morgan fingerprint density at radius 2 is 0.558 bits per heavy atom. The van der Waals surface area contributed by atoms with E-state index in [0.29, 0.717) is 0 Å². The average molecular weight is 1010 g/mol. The molecule has 0 saturated carbocycles. The number of fused-ring (bicyclic) bond motifs is 18. The average Bonchev–Trinajstić information content (AvgIpc) is 4.34. The van der Waals surface area contributed by atoms with Crippen LogP contribution in [0, 0.1) is 0 Å². The van der Waals surface area contributed by atoms with E-state index in [1.54, 1.807) is 0 Å². The van der Waals surface area contributed by atoms with Crippen molar-refractivity contribution in [1.82, 2.24) is 0 Å². The van der Waals surface area contributed by atoms with Crippen LogP contribution in [0.4, 0.5) is 0 Å². The molecule has 0 saturated heterocycles. The molecule has 1 spiro atoms. The molecule has 0 nitrogen and oxygen atoms in total. The summed E-state index contributed by atoms with van der Waals surface area (Å²) in [5, 5.41) is 19.0. The second-order valence-electron chi connectivity index (χ2n) is 20.9. The lowest BCUT2D eigenvalue weighted by molar-refractivity contribution is 0.796. The van der Waals surface area contributed by atoms with E-state index >= 15 is 0 Å². The van der Waals surface area contributed by atoms with Crippen LogP contribution in [0.25, 0.3) is 130 Å². The topological polar surface area (TPSA) is 0 Å². The van der Waals surface area contributed by atoms with Gasteiger partial charge in [-0.25, -0.2) is 0 Å². The lowest BCUT2D eigenvalue weighted by Crippen LogP contribution is -2.26. The highest BCUT2D eigenvalue weighted by atomic mass is 31.1. The first kappa shape index (κ1) is 43.2. The quantitative estimate of drug-likeness (QED) is 0.151. The first-order chi connectivity index (χ1) is 38.3. The van der Waals surface area contributed by atoms with Crippen molar-refractivity contribution in [1.29, 1.82) is 0 Å². The van der Waals surface area contributed by atoms with Crippen LogP contribution in [0.5, 0.6) is 0 Å². The highest BCUT2D eigenvalue weighted by molar-refractivity contribution is 7.68. The molecule has 2 aliphatic carbocycles. The molecule has 2 heteroatoms. The summed E-state index contributed by atoms with van der Waals surface area (Å²) in [6, 6.07) is 107. The van der Waals surface area contributed by atoms with Crippen LogP contribution in [-0.4, -0.2) is 0 Å². The summed E-state index contributed by atoms with van der Waals surface area (Å²) in [6.45, 7) is 0. The summed E-state index contributed by atoms with van der Waals surface area (Å²) < 4.78 is 0. The Kier molecular flexibility index (Phi) is 9.26. The van der Waals surface area contributed by atoms with Crippen LogP contribution in [0.2, 0.25) is 0 Å². The van der Waals surface area contributed by atoms with Crippen molar-refractivity contribution in [3.05, 3.63) is 301 Å². The minimum atomic E-state index is -0.841. The van der Waals surface area contributed by atoms with Crippen LogP contribution >= 0.6 is 15.1 Å². The maximum Gasteiger partial charge on any atom is 0.0731 e. The molecule has 2 unspecified atom stereocenters. The Labute approximate surface area is 448 Å². The van der Waals surface area contributed by atoms with E-state index in [1.165, 1.54) is 152 Å². The second-order valence-corrected chi connectivity index (χ2v) is 25.2. The lowest BCUT2D eigenvalue weighted by atomic mass is 9.68. The van der Waals surface area contributed by atoms with Crippen LogP contribution < -0.4 is 0 Å². The third-order valence-electron chi connectivity index (χ3n) is 17.3. The number of hydrogen-bond donors (Lipinski definition) is 0. The minimum absolute atomic E-state index is 0.533. The van der Waals surface area contributed by atoms with Gasteiger partial charge in [0.15, 0.2) is 0 Å². The molecule has 0 bridgehead atoms. The van der Waals surface area contributed by atoms with E-state index in [0.717, 1.165) is 0 Å². The summed E-state index contributed by atoms with van der Waals surface area (Å²) in [7, 11) is -1.68. The Morgan fingerprint density at radius 3 is 1.05 bits per heavy atom. The summed E-state index contributed by atoms with van der Waals surface area (Å²) in [6.07, 6.45) is 0. The van der Waals surface area contributed by atoms with Crippen molar-refractivity contribution < 1.29 is 0 Å². The van der Waals surface area contributed by atoms with Crippen molar-refractivity contribution >= 4 is 78.6 Å².